The third-order valence-electron chi connectivity index (χ3n) is 4.85. The summed E-state index contributed by atoms with van der Waals surface area (Å²) in [6.07, 6.45) is 0. The van der Waals surface area contributed by atoms with E-state index < -0.39 is 0 Å². The molecule has 5 aromatic rings. The molecule has 0 bridgehead atoms. The van der Waals surface area contributed by atoms with Crippen molar-refractivity contribution in [1.82, 2.24) is 9.78 Å². The van der Waals surface area contributed by atoms with E-state index in [0.717, 1.165) is 34.8 Å². The molecular weight excluding hydrogens is 424 g/mol. The van der Waals surface area contributed by atoms with Crippen LogP contribution in [0.5, 0.6) is 5.75 Å². The molecule has 31 heavy (non-hydrogen) atoms. The summed E-state index contributed by atoms with van der Waals surface area (Å²) in [6, 6.07) is 38.9. The molecular formula is C27H24FeN2O. The molecule has 156 valence electrons. The Labute approximate surface area is 194 Å². The third kappa shape index (κ3) is 5.85. The van der Waals surface area contributed by atoms with Gasteiger partial charge in [0.05, 0.1) is 19.3 Å². The van der Waals surface area contributed by atoms with Crippen LogP contribution in [-0.4, -0.2) is 16.9 Å². The number of hydrogen-bond donors (Lipinski definition) is 0. The van der Waals surface area contributed by atoms with E-state index in [1.807, 2.05) is 60.7 Å². The van der Waals surface area contributed by atoms with E-state index in [9.17, 15) is 0 Å². The molecule has 3 nitrogen and oxygen atoms in total. The predicted octanol–water partition coefficient (Wildman–Crippen LogP) is 6.40. The fourth-order valence-corrected chi connectivity index (χ4v) is 3.29. The zero-order chi connectivity index (χ0) is 20.6. The maximum atomic E-state index is 5.27. The number of aromatic nitrogens is 2. The van der Waals surface area contributed by atoms with Gasteiger partial charge in [0.1, 0.15) is 5.75 Å². The van der Waals surface area contributed by atoms with Gasteiger partial charge in [0, 0.05) is 5.69 Å². The zero-order valence-electron chi connectivity index (χ0n) is 17.3. The maximum Gasteiger partial charge on any atom is 2.00 e. The monoisotopic (exact) mass is 448 g/mol. The molecule has 5 rings (SSSR count). The van der Waals surface area contributed by atoms with Crippen molar-refractivity contribution in [2.75, 3.05) is 7.11 Å². The van der Waals surface area contributed by atoms with E-state index >= 15 is 0 Å². The minimum absolute atomic E-state index is 0. The summed E-state index contributed by atoms with van der Waals surface area (Å²) < 4.78 is 7.34. The molecule has 1 aromatic heterocycles. The normalized spacial score (nSPS) is 9.97. The maximum absolute atomic E-state index is 5.27. The first kappa shape index (κ1) is 22.4. The fraction of sp³-hybridized carbons (Fsp3) is 0.0741. The zero-order valence-corrected chi connectivity index (χ0v) is 18.4. The Morgan fingerprint density at radius 3 is 2.16 bits per heavy atom. The van der Waals surface area contributed by atoms with E-state index in [1.54, 1.807) is 7.11 Å². The van der Waals surface area contributed by atoms with E-state index in [1.165, 1.54) is 5.56 Å². The molecule has 0 saturated carbocycles. The molecule has 0 amide bonds. The van der Waals surface area contributed by atoms with Crippen molar-refractivity contribution in [3.8, 4) is 28.3 Å². The summed E-state index contributed by atoms with van der Waals surface area (Å²) in [5.74, 6) is 0.856. The number of benzene rings is 2. The van der Waals surface area contributed by atoms with Gasteiger partial charge in [-0.1, -0.05) is 36.4 Å². The fourth-order valence-electron chi connectivity index (χ4n) is 3.29. The first-order valence-corrected chi connectivity index (χ1v) is 9.98. The third-order valence-corrected chi connectivity index (χ3v) is 4.85. The molecule has 0 aliphatic rings. The quantitative estimate of drug-likeness (QED) is 0.230. The molecule has 0 N–H and O–H groups in total. The van der Waals surface area contributed by atoms with E-state index in [2.05, 4.69) is 59.3 Å². The summed E-state index contributed by atoms with van der Waals surface area (Å²) in [4.78, 5) is 0. The van der Waals surface area contributed by atoms with Crippen LogP contribution in [0.1, 0.15) is 5.56 Å². The first-order valence-electron chi connectivity index (χ1n) is 9.98. The van der Waals surface area contributed by atoms with Gasteiger partial charge in [0.15, 0.2) is 0 Å². The smallest absolute Gasteiger partial charge is 0.497 e. The summed E-state index contributed by atoms with van der Waals surface area (Å²) in [5.41, 5.74) is 5.59. The second-order valence-corrected chi connectivity index (χ2v) is 6.92. The summed E-state index contributed by atoms with van der Waals surface area (Å²) in [6.45, 7) is 0.739. The topological polar surface area (TPSA) is 27.1 Å². The number of ether oxygens (including phenoxy) is 1. The minimum atomic E-state index is 0. The number of methoxy groups -OCH3 is 1. The van der Waals surface area contributed by atoms with Crippen molar-refractivity contribution in [1.29, 1.82) is 0 Å². The van der Waals surface area contributed by atoms with Crippen LogP contribution in [0.2, 0.25) is 0 Å². The molecule has 0 radical (unpaired) electrons. The Morgan fingerprint density at radius 2 is 1.58 bits per heavy atom. The molecule has 0 atom stereocenters. The Hall–Kier alpha value is -3.33. The average molecular weight is 448 g/mol. The Morgan fingerprint density at radius 1 is 0.839 bits per heavy atom. The van der Waals surface area contributed by atoms with Gasteiger partial charge in [-0.15, -0.1) is 11.6 Å². The van der Waals surface area contributed by atoms with Crippen molar-refractivity contribution in [3.05, 3.63) is 121 Å². The van der Waals surface area contributed by atoms with Crippen LogP contribution in [0, 0.1) is 0 Å². The van der Waals surface area contributed by atoms with Crippen LogP contribution in [0.15, 0.2) is 115 Å². The van der Waals surface area contributed by atoms with Crippen LogP contribution in [0.25, 0.3) is 22.5 Å². The molecule has 1 heterocycles. The second-order valence-electron chi connectivity index (χ2n) is 6.92. The van der Waals surface area contributed by atoms with E-state index in [0.29, 0.717) is 0 Å². The van der Waals surface area contributed by atoms with Gasteiger partial charge in [0.25, 0.3) is 0 Å². The van der Waals surface area contributed by atoms with Crippen LogP contribution >= 0.6 is 0 Å². The summed E-state index contributed by atoms with van der Waals surface area (Å²) >= 11 is 0. The molecule has 0 fully saturated rings. The van der Waals surface area contributed by atoms with Gasteiger partial charge in [-0.2, -0.15) is 36.4 Å². The molecule has 0 saturated heterocycles. The molecule has 0 aliphatic carbocycles. The van der Waals surface area contributed by atoms with Gasteiger partial charge >= 0.3 is 17.1 Å². The SMILES string of the molecule is COc1ccc(-c2cc(-c3ccc[cH-]3)nn2Cc2ccccc2)cc1.[Fe+2].c1cc[cH-]c1. The van der Waals surface area contributed by atoms with Crippen molar-refractivity contribution >= 4 is 0 Å². The minimum Gasteiger partial charge on any atom is -0.497 e. The average Bonchev–Trinajstić information content (AvgIpc) is 3.58. The van der Waals surface area contributed by atoms with Crippen LogP contribution in [0.3, 0.4) is 0 Å². The standard InChI is InChI=1S/C22H19N2O.C5H5.Fe/c1-25-20-13-11-19(12-14-20)22-15-21(18-9-5-6-10-18)23-24(22)16-17-7-3-2-4-8-17;1-2-4-5-3-1;/h2-15H,16H2,1H3;1-5H;/q2*-1;+2. The summed E-state index contributed by atoms with van der Waals surface area (Å²) in [7, 11) is 1.68. The van der Waals surface area contributed by atoms with Gasteiger partial charge < -0.3 is 4.74 Å². The van der Waals surface area contributed by atoms with Crippen LogP contribution in [0.4, 0.5) is 0 Å². The predicted molar refractivity (Wildman–Crippen MR) is 123 cm³/mol. The largest absolute Gasteiger partial charge is 2.00 e. The van der Waals surface area contributed by atoms with Crippen molar-refractivity contribution in [3.63, 3.8) is 0 Å². The Bertz CT molecular complexity index is 1110. The van der Waals surface area contributed by atoms with E-state index in [4.69, 9.17) is 9.84 Å². The molecule has 4 heteroatoms. The van der Waals surface area contributed by atoms with Gasteiger partial charge in [-0.25, -0.2) is 17.2 Å². The number of rotatable bonds is 5. The molecule has 0 aliphatic heterocycles. The van der Waals surface area contributed by atoms with Gasteiger partial charge in [-0.3, -0.25) is 4.68 Å². The molecule has 0 unspecified atom stereocenters. The first-order chi connectivity index (χ1) is 14.8. The Balaban J connectivity index is 0.000000401. The van der Waals surface area contributed by atoms with Crippen molar-refractivity contribution in [2.24, 2.45) is 0 Å². The van der Waals surface area contributed by atoms with Crippen LogP contribution in [-0.2, 0) is 23.6 Å². The van der Waals surface area contributed by atoms with Crippen molar-refractivity contribution < 1.29 is 21.8 Å². The molecule has 0 spiro atoms. The molecule has 4 aromatic carbocycles. The van der Waals surface area contributed by atoms with Gasteiger partial charge in [-0.05, 0) is 35.4 Å². The van der Waals surface area contributed by atoms with Gasteiger partial charge in [0.2, 0.25) is 0 Å². The summed E-state index contributed by atoms with van der Waals surface area (Å²) in [5, 5.41) is 4.85. The van der Waals surface area contributed by atoms with Crippen molar-refractivity contribution in [2.45, 2.75) is 6.54 Å². The van der Waals surface area contributed by atoms with Crippen LogP contribution < -0.4 is 4.74 Å². The second kappa shape index (κ2) is 11.2. The van der Waals surface area contributed by atoms with E-state index in [-0.39, 0.29) is 17.1 Å². The number of nitrogens with zero attached hydrogens (tertiary/aromatic N) is 2. The Kier molecular flexibility index (Phi) is 8.05. The number of hydrogen-bond acceptors (Lipinski definition) is 2.